The minimum absolute atomic E-state index is 0.168. The summed E-state index contributed by atoms with van der Waals surface area (Å²) in [4.78, 5) is 25.2. The second-order valence-electron chi connectivity index (χ2n) is 6.70. The highest BCUT2D eigenvalue weighted by Gasteiger charge is 2.59. The summed E-state index contributed by atoms with van der Waals surface area (Å²) in [7, 11) is 1.52. The number of benzene rings is 1. The molecule has 4 unspecified atom stereocenters. The molecule has 1 aromatic rings. The van der Waals surface area contributed by atoms with Gasteiger partial charge in [-0.15, -0.1) is 0 Å². The van der Waals surface area contributed by atoms with Gasteiger partial charge in [0.05, 0.1) is 36.8 Å². The second-order valence-corrected chi connectivity index (χ2v) is 7.11. The lowest BCUT2D eigenvalue weighted by Crippen LogP contribution is -2.28. The summed E-state index contributed by atoms with van der Waals surface area (Å²) < 4.78 is 10.8. The van der Waals surface area contributed by atoms with E-state index in [-0.39, 0.29) is 35.5 Å². The van der Waals surface area contributed by atoms with E-state index in [1.54, 1.807) is 12.1 Å². The molecule has 1 heterocycles. The van der Waals surface area contributed by atoms with Crippen molar-refractivity contribution < 1.29 is 19.1 Å². The topological polar surface area (TPSA) is 68.2 Å². The first-order valence-electron chi connectivity index (χ1n) is 8.65. The molecule has 0 aromatic heterocycles. The Morgan fingerprint density at radius 2 is 1.88 bits per heavy atom. The molecule has 6 nitrogen and oxygen atoms in total. The highest BCUT2D eigenvalue weighted by molar-refractivity contribution is 6.32. The molecule has 1 aliphatic heterocycles. The number of ether oxygens (including phenoxy) is 2. The van der Waals surface area contributed by atoms with Crippen LogP contribution in [0.2, 0.25) is 5.02 Å². The SMILES string of the molecule is CCOc1c(Cl)cc(C=NN2C(=O)C3C4C=CC(C4)C3C2=O)cc1OC. The fourth-order valence-electron chi connectivity index (χ4n) is 4.22. The van der Waals surface area contributed by atoms with E-state index in [1.807, 2.05) is 6.92 Å². The van der Waals surface area contributed by atoms with Crippen LogP contribution in [0.15, 0.2) is 29.4 Å². The lowest BCUT2D eigenvalue weighted by atomic mass is 9.85. The van der Waals surface area contributed by atoms with Gasteiger partial charge in [-0.2, -0.15) is 10.1 Å². The number of hydrogen-bond acceptors (Lipinski definition) is 5. The van der Waals surface area contributed by atoms with Crippen LogP contribution in [0.3, 0.4) is 0 Å². The van der Waals surface area contributed by atoms with Gasteiger partial charge in [-0.3, -0.25) is 9.59 Å². The molecule has 2 fully saturated rings. The predicted molar refractivity (Wildman–Crippen MR) is 96.3 cm³/mol. The molecule has 0 N–H and O–H groups in total. The Morgan fingerprint density at radius 3 is 2.46 bits per heavy atom. The van der Waals surface area contributed by atoms with Gasteiger partial charge >= 0.3 is 0 Å². The minimum atomic E-state index is -0.256. The molecule has 0 radical (unpaired) electrons. The maximum Gasteiger partial charge on any atom is 0.254 e. The number of hydrazone groups is 1. The number of carbonyl (C=O) groups excluding carboxylic acids is 2. The Kier molecular flexibility index (Phi) is 4.23. The predicted octanol–water partition coefficient (Wildman–Crippen LogP) is 2.89. The molecule has 1 aromatic carbocycles. The van der Waals surface area contributed by atoms with E-state index in [9.17, 15) is 9.59 Å². The van der Waals surface area contributed by atoms with Gasteiger partial charge in [0, 0.05) is 0 Å². The third kappa shape index (κ3) is 2.51. The number of fused-ring (bicyclic) bond motifs is 5. The van der Waals surface area contributed by atoms with Gasteiger partial charge in [0.2, 0.25) is 0 Å². The molecule has 3 aliphatic rings. The van der Waals surface area contributed by atoms with Crippen LogP contribution in [0.1, 0.15) is 18.9 Å². The van der Waals surface area contributed by atoms with Crippen molar-refractivity contribution in [2.24, 2.45) is 28.8 Å². The summed E-state index contributed by atoms with van der Waals surface area (Å²) in [6.45, 7) is 2.31. The number of imide groups is 1. The van der Waals surface area contributed by atoms with Crippen LogP contribution in [0.5, 0.6) is 11.5 Å². The monoisotopic (exact) mass is 374 g/mol. The quantitative estimate of drug-likeness (QED) is 0.451. The molecule has 2 aliphatic carbocycles. The zero-order chi connectivity index (χ0) is 18.4. The third-order valence-electron chi connectivity index (χ3n) is 5.31. The van der Waals surface area contributed by atoms with Crippen molar-refractivity contribution in [1.82, 2.24) is 5.01 Å². The summed E-state index contributed by atoms with van der Waals surface area (Å²) >= 11 is 6.25. The van der Waals surface area contributed by atoms with Crippen molar-refractivity contribution >= 4 is 29.6 Å². The summed E-state index contributed by atoms with van der Waals surface area (Å²) in [5.41, 5.74) is 0.619. The average Bonchev–Trinajstić information content (AvgIpc) is 3.30. The molecule has 136 valence electrons. The summed E-state index contributed by atoms with van der Waals surface area (Å²) in [5, 5.41) is 5.55. The van der Waals surface area contributed by atoms with Crippen molar-refractivity contribution in [3.05, 3.63) is 34.9 Å². The largest absolute Gasteiger partial charge is 0.493 e. The van der Waals surface area contributed by atoms with Gasteiger partial charge in [-0.1, -0.05) is 23.8 Å². The number of rotatable bonds is 5. The summed E-state index contributed by atoms with van der Waals surface area (Å²) in [5.74, 6) is 0.331. The van der Waals surface area contributed by atoms with Crippen molar-refractivity contribution in [3.8, 4) is 11.5 Å². The van der Waals surface area contributed by atoms with Crippen molar-refractivity contribution in [2.75, 3.05) is 13.7 Å². The fraction of sp³-hybridized carbons (Fsp3) is 0.421. The first kappa shape index (κ1) is 17.1. The summed E-state index contributed by atoms with van der Waals surface area (Å²) in [6, 6.07) is 3.37. The fourth-order valence-corrected chi connectivity index (χ4v) is 4.50. The Bertz CT molecular complexity index is 805. The maximum atomic E-state index is 12.6. The number of halogens is 1. The number of nitrogens with zero attached hydrogens (tertiary/aromatic N) is 2. The number of methoxy groups -OCH3 is 1. The Balaban J connectivity index is 1.58. The van der Waals surface area contributed by atoms with Crippen LogP contribution in [0, 0.1) is 23.7 Å². The van der Waals surface area contributed by atoms with Gasteiger partial charge in [0.25, 0.3) is 11.8 Å². The van der Waals surface area contributed by atoms with Crippen LogP contribution >= 0.6 is 11.6 Å². The van der Waals surface area contributed by atoms with Crippen LogP contribution in [-0.2, 0) is 9.59 Å². The zero-order valence-corrected chi connectivity index (χ0v) is 15.3. The van der Waals surface area contributed by atoms with E-state index in [0.29, 0.717) is 28.7 Å². The Labute approximate surface area is 156 Å². The molecule has 7 heteroatoms. The number of hydrogen-bond donors (Lipinski definition) is 0. The molecule has 4 rings (SSSR count). The normalized spacial score (nSPS) is 29.1. The van der Waals surface area contributed by atoms with Crippen LogP contribution < -0.4 is 9.47 Å². The first-order valence-corrected chi connectivity index (χ1v) is 9.03. The third-order valence-corrected chi connectivity index (χ3v) is 5.59. The molecular formula is C19H19ClN2O4. The smallest absolute Gasteiger partial charge is 0.254 e. The molecule has 1 saturated carbocycles. The zero-order valence-electron chi connectivity index (χ0n) is 14.5. The van der Waals surface area contributed by atoms with E-state index in [4.69, 9.17) is 21.1 Å². The van der Waals surface area contributed by atoms with Gasteiger partial charge in [-0.05, 0) is 42.9 Å². The Hall–Kier alpha value is -2.34. The number of carbonyl (C=O) groups is 2. The standard InChI is InChI=1S/C19H19ClN2O4/c1-3-26-17-13(20)6-10(7-14(17)25-2)9-21-22-18(23)15-11-4-5-12(8-11)16(15)19(22)24/h4-7,9,11-12,15-16H,3,8H2,1-2H3. The van der Waals surface area contributed by atoms with Crippen LogP contribution in [-0.4, -0.2) is 36.8 Å². The van der Waals surface area contributed by atoms with E-state index < -0.39 is 0 Å². The molecule has 0 spiro atoms. The highest BCUT2D eigenvalue weighted by atomic mass is 35.5. The van der Waals surface area contributed by atoms with Gasteiger partial charge in [0.15, 0.2) is 11.5 Å². The van der Waals surface area contributed by atoms with Crippen molar-refractivity contribution in [1.29, 1.82) is 0 Å². The maximum absolute atomic E-state index is 12.6. The van der Waals surface area contributed by atoms with E-state index in [2.05, 4.69) is 17.3 Å². The lowest BCUT2D eigenvalue weighted by molar-refractivity contribution is -0.140. The number of allylic oxidation sites excluding steroid dienone is 2. The van der Waals surface area contributed by atoms with E-state index in [0.717, 1.165) is 11.4 Å². The lowest BCUT2D eigenvalue weighted by Gasteiger charge is -2.13. The summed E-state index contributed by atoms with van der Waals surface area (Å²) in [6.07, 6.45) is 6.47. The Morgan fingerprint density at radius 1 is 1.23 bits per heavy atom. The average molecular weight is 375 g/mol. The van der Waals surface area contributed by atoms with Crippen molar-refractivity contribution in [3.63, 3.8) is 0 Å². The molecule has 1 saturated heterocycles. The molecule has 4 atom stereocenters. The number of amides is 2. The van der Waals surface area contributed by atoms with E-state index >= 15 is 0 Å². The molecule has 2 amide bonds. The molecule has 26 heavy (non-hydrogen) atoms. The van der Waals surface area contributed by atoms with Crippen molar-refractivity contribution in [2.45, 2.75) is 13.3 Å². The second kappa shape index (κ2) is 6.43. The molecular weight excluding hydrogens is 356 g/mol. The van der Waals surface area contributed by atoms with Crippen LogP contribution in [0.4, 0.5) is 0 Å². The first-order chi connectivity index (χ1) is 12.5. The van der Waals surface area contributed by atoms with Gasteiger partial charge in [0.1, 0.15) is 0 Å². The van der Waals surface area contributed by atoms with Gasteiger partial charge in [-0.25, -0.2) is 0 Å². The van der Waals surface area contributed by atoms with Gasteiger partial charge < -0.3 is 9.47 Å². The molecule has 2 bridgehead atoms. The van der Waals surface area contributed by atoms with E-state index in [1.165, 1.54) is 13.3 Å². The minimum Gasteiger partial charge on any atom is -0.493 e. The highest BCUT2D eigenvalue weighted by Crippen LogP contribution is 2.52. The van der Waals surface area contributed by atoms with Crippen LogP contribution in [0.25, 0.3) is 0 Å².